The van der Waals surface area contributed by atoms with Gasteiger partial charge in [0.15, 0.2) is 0 Å². The number of rotatable bonds is 1. The Morgan fingerprint density at radius 3 is 2.60 bits per heavy atom. The Balaban J connectivity index is 2.04. The molecule has 2 aliphatic carbocycles. The maximum absolute atomic E-state index is 12.4. The molecule has 0 amide bonds. The first kappa shape index (κ1) is 12.0. The van der Waals surface area contributed by atoms with Gasteiger partial charge in [0, 0.05) is 11.0 Å². The van der Waals surface area contributed by atoms with E-state index in [4.69, 9.17) is 0 Å². The Labute approximate surface area is 118 Å². The van der Waals surface area contributed by atoms with Gasteiger partial charge in [0.1, 0.15) is 0 Å². The van der Waals surface area contributed by atoms with Crippen molar-refractivity contribution in [3.8, 4) is 5.69 Å². The van der Waals surface area contributed by atoms with Crippen molar-refractivity contribution < 1.29 is 0 Å². The largest absolute Gasteiger partial charge is 0.268 e. The normalized spacial score (nSPS) is 29.6. The van der Waals surface area contributed by atoms with E-state index in [1.54, 1.807) is 0 Å². The Morgan fingerprint density at radius 2 is 1.90 bits per heavy atom. The van der Waals surface area contributed by atoms with Crippen LogP contribution in [0.1, 0.15) is 50.8 Å². The molecule has 1 heterocycles. The summed E-state index contributed by atoms with van der Waals surface area (Å²) in [7, 11) is 0. The summed E-state index contributed by atoms with van der Waals surface area (Å²) in [6.45, 7) is 6.96. The highest BCUT2D eigenvalue weighted by atomic mass is 16.1. The first-order chi connectivity index (χ1) is 9.47. The van der Waals surface area contributed by atoms with Crippen molar-refractivity contribution >= 4 is 0 Å². The topological polar surface area (TPSA) is 37.8 Å². The number of H-pyrrole nitrogens is 1. The lowest BCUT2D eigenvalue weighted by atomic mass is 9.70. The van der Waals surface area contributed by atoms with Crippen LogP contribution in [-0.2, 0) is 5.41 Å². The van der Waals surface area contributed by atoms with Gasteiger partial charge in [-0.1, -0.05) is 39.0 Å². The van der Waals surface area contributed by atoms with Crippen molar-refractivity contribution in [3.63, 3.8) is 0 Å². The second kappa shape index (κ2) is 3.46. The zero-order valence-electron chi connectivity index (χ0n) is 12.2. The molecule has 20 heavy (non-hydrogen) atoms. The number of para-hydroxylation sites is 1. The fraction of sp³-hybridized carbons (Fsp3) is 0.471. The summed E-state index contributed by atoms with van der Waals surface area (Å²) >= 11 is 0. The molecule has 2 atom stereocenters. The van der Waals surface area contributed by atoms with Crippen LogP contribution >= 0.6 is 0 Å². The van der Waals surface area contributed by atoms with Crippen molar-refractivity contribution in [1.82, 2.24) is 9.78 Å². The molecule has 0 aliphatic heterocycles. The van der Waals surface area contributed by atoms with E-state index >= 15 is 0 Å². The second-order valence-electron chi connectivity index (χ2n) is 7.02. The van der Waals surface area contributed by atoms with Gasteiger partial charge in [-0.15, -0.1) is 0 Å². The highest BCUT2D eigenvalue weighted by Gasteiger charge is 2.62. The summed E-state index contributed by atoms with van der Waals surface area (Å²) in [5.74, 6) is 0.399. The number of hydrogen-bond donors (Lipinski definition) is 1. The van der Waals surface area contributed by atoms with Crippen LogP contribution in [0.2, 0.25) is 0 Å². The summed E-state index contributed by atoms with van der Waals surface area (Å²) in [6, 6.07) is 10.1. The molecule has 3 heteroatoms. The zero-order chi connectivity index (χ0) is 14.1. The number of aromatic amines is 1. The third-order valence-corrected chi connectivity index (χ3v) is 6.05. The Morgan fingerprint density at radius 1 is 1.20 bits per heavy atom. The number of aromatic nitrogens is 2. The maximum Gasteiger partial charge on any atom is 0.268 e. The van der Waals surface area contributed by atoms with E-state index in [0.717, 1.165) is 17.7 Å². The van der Waals surface area contributed by atoms with Crippen LogP contribution in [0.25, 0.3) is 5.69 Å². The monoisotopic (exact) mass is 268 g/mol. The smallest absolute Gasteiger partial charge is 0.268 e. The molecule has 0 saturated heterocycles. The Hall–Kier alpha value is -1.77. The molecule has 2 aromatic rings. The summed E-state index contributed by atoms with van der Waals surface area (Å²) in [5, 5.41) is 3.06. The third kappa shape index (κ3) is 1.15. The molecular weight excluding hydrogens is 248 g/mol. The Kier molecular flexibility index (Phi) is 2.08. The van der Waals surface area contributed by atoms with Gasteiger partial charge >= 0.3 is 0 Å². The van der Waals surface area contributed by atoms with Gasteiger partial charge in [-0.25, -0.2) is 0 Å². The van der Waals surface area contributed by atoms with Gasteiger partial charge in [0.25, 0.3) is 5.56 Å². The van der Waals surface area contributed by atoms with Crippen LogP contribution in [0.4, 0.5) is 0 Å². The van der Waals surface area contributed by atoms with Crippen LogP contribution in [0.15, 0.2) is 35.1 Å². The van der Waals surface area contributed by atoms with Crippen molar-refractivity contribution in [1.29, 1.82) is 0 Å². The fourth-order valence-corrected chi connectivity index (χ4v) is 4.51. The minimum absolute atomic E-state index is 0.0853. The number of nitrogens with zero attached hydrogens (tertiary/aromatic N) is 1. The second-order valence-corrected chi connectivity index (χ2v) is 7.02. The van der Waals surface area contributed by atoms with Crippen molar-refractivity contribution in [2.75, 3.05) is 0 Å². The first-order valence-electron chi connectivity index (χ1n) is 7.37. The lowest BCUT2D eigenvalue weighted by Crippen LogP contribution is -2.33. The van der Waals surface area contributed by atoms with E-state index in [9.17, 15) is 4.79 Å². The molecule has 1 aromatic heterocycles. The Bertz CT molecular complexity index is 738. The summed E-state index contributed by atoms with van der Waals surface area (Å²) in [4.78, 5) is 12.4. The van der Waals surface area contributed by atoms with E-state index in [1.165, 1.54) is 12.1 Å². The number of nitrogens with one attached hydrogen (secondary N) is 1. The van der Waals surface area contributed by atoms with E-state index in [0.29, 0.717) is 5.92 Å². The molecule has 4 rings (SSSR count). The van der Waals surface area contributed by atoms with E-state index in [-0.39, 0.29) is 16.4 Å². The molecule has 2 aliphatic rings. The molecule has 2 bridgehead atoms. The van der Waals surface area contributed by atoms with Crippen LogP contribution in [0.3, 0.4) is 0 Å². The number of fused-ring (bicyclic) bond motifs is 5. The van der Waals surface area contributed by atoms with E-state index < -0.39 is 0 Å². The van der Waals surface area contributed by atoms with Crippen molar-refractivity contribution in [3.05, 3.63) is 51.9 Å². The average molecular weight is 268 g/mol. The fourth-order valence-electron chi connectivity index (χ4n) is 4.51. The third-order valence-electron chi connectivity index (χ3n) is 6.05. The van der Waals surface area contributed by atoms with Gasteiger partial charge in [-0.05, 0) is 36.3 Å². The minimum Gasteiger partial charge on any atom is -0.268 e. The minimum atomic E-state index is 0.0853. The van der Waals surface area contributed by atoms with Crippen molar-refractivity contribution in [2.45, 2.75) is 44.9 Å². The molecule has 0 spiro atoms. The lowest BCUT2D eigenvalue weighted by molar-refractivity contribution is 0.222. The quantitative estimate of drug-likeness (QED) is 0.846. The SMILES string of the molecule is CC1(C)[C@H]2CC[C@]1(C)c1c2c(=O)[nH]n1-c1ccccc1. The molecule has 0 radical (unpaired) electrons. The summed E-state index contributed by atoms with van der Waals surface area (Å²) < 4.78 is 2.03. The zero-order valence-corrected chi connectivity index (χ0v) is 12.2. The van der Waals surface area contributed by atoms with Gasteiger partial charge in [-0.2, -0.15) is 0 Å². The highest BCUT2D eigenvalue weighted by molar-refractivity contribution is 5.48. The summed E-state index contributed by atoms with van der Waals surface area (Å²) in [6.07, 6.45) is 2.31. The molecular formula is C17H20N2O. The molecule has 1 N–H and O–H groups in total. The van der Waals surface area contributed by atoms with Crippen LogP contribution in [0.5, 0.6) is 0 Å². The maximum atomic E-state index is 12.4. The number of benzene rings is 1. The highest BCUT2D eigenvalue weighted by Crippen LogP contribution is 2.66. The van der Waals surface area contributed by atoms with E-state index in [1.807, 2.05) is 22.9 Å². The molecule has 1 fully saturated rings. The van der Waals surface area contributed by atoms with Gasteiger partial charge in [-0.3, -0.25) is 14.6 Å². The van der Waals surface area contributed by atoms with Crippen LogP contribution in [0, 0.1) is 5.41 Å². The molecule has 0 unspecified atom stereocenters. The molecule has 104 valence electrons. The molecule has 1 aromatic carbocycles. The predicted molar refractivity (Wildman–Crippen MR) is 79.5 cm³/mol. The van der Waals surface area contributed by atoms with Crippen molar-refractivity contribution in [2.24, 2.45) is 5.41 Å². The van der Waals surface area contributed by atoms with Crippen LogP contribution < -0.4 is 5.56 Å². The average Bonchev–Trinajstić information content (AvgIpc) is 2.95. The first-order valence-corrected chi connectivity index (χ1v) is 7.37. The lowest BCUT2D eigenvalue weighted by Gasteiger charge is -2.35. The molecule has 3 nitrogen and oxygen atoms in total. The number of hydrogen-bond acceptors (Lipinski definition) is 1. The van der Waals surface area contributed by atoms with Crippen LogP contribution in [-0.4, -0.2) is 9.78 Å². The molecule has 1 saturated carbocycles. The van der Waals surface area contributed by atoms with E-state index in [2.05, 4.69) is 38.0 Å². The van der Waals surface area contributed by atoms with Gasteiger partial charge in [0.2, 0.25) is 0 Å². The standard InChI is InChI=1S/C17H20N2O/c1-16(2)12-9-10-17(16,3)14-13(12)15(20)18-19(14)11-7-5-4-6-8-11/h4-8,12H,9-10H2,1-3H3,(H,18,20)/t12-,17+/m0/s1. The predicted octanol–water partition coefficient (Wildman–Crippen LogP) is 3.34. The summed E-state index contributed by atoms with van der Waals surface area (Å²) in [5.41, 5.74) is 3.66. The van der Waals surface area contributed by atoms with Gasteiger partial charge in [0.05, 0.1) is 11.4 Å². The van der Waals surface area contributed by atoms with Gasteiger partial charge < -0.3 is 0 Å².